The van der Waals surface area contributed by atoms with E-state index in [1.165, 1.54) is 6.07 Å². The maximum atomic E-state index is 12.7. The van der Waals surface area contributed by atoms with Gasteiger partial charge in [0.1, 0.15) is 4.33 Å². The lowest BCUT2D eigenvalue weighted by atomic mass is 10.1. The molecule has 2 aromatic carbocycles. The summed E-state index contributed by atoms with van der Waals surface area (Å²) >= 11 is 30.6. The van der Waals surface area contributed by atoms with E-state index in [4.69, 9.17) is 58.0 Å². The molecule has 2 atom stereocenters. The molecule has 0 bridgehead atoms. The molecule has 1 unspecified atom stereocenters. The van der Waals surface area contributed by atoms with E-state index in [0.29, 0.717) is 26.9 Å². The van der Waals surface area contributed by atoms with Crippen LogP contribution in [0.25, 0.3) is 0 Å². The van der Waals surface area contributed by atoms with Crippen molar-refractivity contribution in [1.29, 1.82) is 0 Å². The van der Waals surface area contributed by atoms with Crippen LogP contribution in [0.15, 0.2) is 30.3 Å². The maximum absolute atomic E-state index is 12.7. The molecular weight excluding hydrogens is 455 g/mol. The topological polar surface area (TPSA) is 66.4 Å². The third kappa shape index (κ3) is 3.87. The van der Waals surface area contributed by atoms with Gasteiger partial charge in [-0.05, 0) is 42.3 Å². The highest BCUT2D eigenvalue weighted by Crippen LogP contribution is 2.65. The summed E-state index contributed by atoms with van der Waals surface area (Å²) in [5.41, 5.74) is 1.40. The molecule has 1 aliphatic carbocycles. The standard InChI is InChI=1S/C18H12Cl5NO3/c1-7-4-9(6-10(15(7)21)17(26)27)24-16(25)14-13(18(14,22)23)8-2-3-11(19)12(20)5-8/h2-6,13-14H,1H3,(H,24,25)(H,26,27)/t13?,14-/m1/s1. The summed E-state index contributed by atoms with van der Waals surface area (Å²) in [5.74, 6) is -2.83. The van der Waals surface area contributed by atoms with Crippen molar-refractivity contribution in [1.82, 2.24) is 0 Å². The number of carbonyl (C=O) groups is 2. The van der Waals surface area contributed by atoms with Crippen molar-refractivity contribution < 1.29 is 14.7 Å². The summed E-state index contributed by atoms with van der Waals surface area (Å²) < 4.78 is -1.31. The highest BCUT2D eigenvalue weighted by Gasteiger charge is 2.67. The zero-order valence-corrected chi connectivity index (χ0v) is 17.5. The van der Waals surface area contributed by atoms with E-state index in [1.54, 1.807) is 31.2 Å². The minimum Gasteiger partial charge on any atom is -0.478 e. The Kier molecular flexibility index (Phi) is 5.59. The molecule has 2 N–H and O–H groups in total. The number of carboxylic acid groups (broad SMARTS) is 1. The van der Waals surface area contributed by atoms with Gasteiger partial charge in [0.15, 0.2) is 0 Å². The molecule has 1 saturated carbocycles. The maximum Gasteiger partial charge on any atom is 0.337 e. The summed E-state index contributed by atoms with van der Waals surface area (Å²) in [6.07, 6.45) is 0. The Labute approximate surface area is 180 Å². The zero-order chi connectivity index (χ0) is 20.1. The molecular formula is C18H12Cl5NO3. The number of halogens is 5. The second-order valence-corrected chi connectivity index (χ2v) is 8.89. The van der Waals surface area contributed by atoms with E-state index >= 15 is 0 Å². The highest BCUT2D eigenvalue weighted by molar-refractivity contribution is 6.53. The number of anilines is 1. The van der Waals surface area contributed by atoms with Crippen molar-refractivity contribution in [3.8, 4) is 0 Å². The minimum absolute atomic E-state index is 0.105. The molecule has 1 aliphatic rings. The Balaban J connectivity index is 1.84. The van der Waals surface area contributed by atoms with Gasteiger partial charge in [0.05, 0.1) is 26.5 Å². The number of nitrogens with one attached hydrogen (secondary N) is 1. The van der Waals surface area contributed by atoms with E-state index in [9.17, 15) is 14.7 Å². The van der Waals surface area contributed by atoms with E-state index in [0.717, 1.165) is 0 Å². The average molecular weight is 468 g/mol. The first-order chi connectivity index (χ1) is 12.5. The van der Waals surface area contributed by atoms with Gasteiger partial charge in [-0.25, -0.2) is 4.79 Å². The number of amides is 1. The van der Waals surface area contributed by atoms with Crippen LogP contribution in [-0.4, -0.2) is 21.3 Å². The quantitative estimate of drug-likeness (QED) is 0.528. The third-order valence-electron chi connectivity index (χ3n) is 4.39. The van der Waals surface area contributed by atoms with Crippen LogP contribution in [0.2, 0.25) is 15.1 Å². The van der Waals surface area contributed by atoms with Gasteiger partial charge in [0, 0.05) is 11.6 Å². The SMILES string of the molecule is Cc1cc(NC(=O)[C@H]2C(c3ccc(Cl)c(Cl)c3)C2(Cl)Cl)cc(C(=O)O)c1Cl. The van der Waals surface area contributed by atoms with Crippen LogP contribution >= 0.6 is 58.0 Å². The first-order valence-corrected chi connectivity index (χ1v) is 9.60. The molecule has 1 fully saturated rings. The number of rotatable bonds is 4. The average Bonchev–Trinajstić information content (AvgIpc) is 3.15. The number of aryl methyl sites for hydroxylation is 1. The monoisotopic (exact) mass is 465 g/mol. The van der Waals surface area contributed by atoms with Gasteiger partial charge < -0.3 is 10.4 Å². The smallest absolute Gasteiger partial charge is 0.337 e. The molecule has 0 aromatic heterocycles. The fourth-order valence-corrected chi connectivity index (χ4v) is 4.32. The molecule has 9 heteroatoms. The fraction of sp³-hybridized carbons (Fsp3) is 0.222. The Morgan fingerprint density at radius 1 is 1.07 bits per heavy atom. The predicted molar refractivity (Wildman–Crippen MR) is 109 cm³/mol. The van der Waals surface area contributed by atoms with Gasteiger partial charge >= 0.3 is 5.97 Å². The van der Waals surface area contributed by atoms with Crippen LogP contribution in [0.4, 0.5) is 5.69 Å². The lowest BCUT2D eigenvalue weighted by Gasteiger charge is -2.10. The van der Waals surface area contributed by atoms with Crippen LogP contribution in [0.3, 0.4) is 0 Å². The van der Waals surface area contributed by atoms with Gasteiger partial charge in [-0.3, -0.25) is 4.79 Å². The molecule has 0 spiro atoms. The molecule has 0 aliphatic heterocycles. The number of carboxylic acids is 1. The van der Waals surface area contributed by atoms with Gasteiger partial charge in [0.2, 0.25) is 5.91 Å². The molecule has 0 heterocycles. The van der Waals surface area contributed by atoms with Crippen LogP contribution in [0.1, 0.15) is 27.4 Å². The van der Waals surface area contributed by atoms with Crippen molar-refractivity contribution in [3.05, 3.63) is 62.1 Å². The van der Waals surface area contributed by atoms with E-state index in [2.05, 4.69) is 5.32 Å². The Bertz CT molecular complexity index is 960. The number of carbonyl (C=O) groups excluding carboxylic acids is 1. The molecule has 142 valence electrons. The van der Waals surface area contributed by atoms with Crippen molar-refractivity contribution in [3.63, 3.8) is 0 Å². The molecule has 4 nitrogen and oxygen atoms in total. The first kappa shape index (κ1) is 20.6. The number of alkyl halides is 2. The number of hydrogen-bond donors (Lipinski definition) is 2. The molecule has 1 amide bonds. The largest absolute Gasteiger partial charge is 0.478 e. The Morgan fingerprint density at radius 2 is 1.74 bits per heavy atom. The Hall–Kier alpha value is -1.17. The number of hydrogen-bond acceptors (Lipinski definition) is 2. The van der Waals surface area contributed by atoms with E-state index < -0.39 is 28.0 Å². The van der Waals surface area contributed by atoms with Gasteiger partial charge in [-0.2, -0.15) is 0 Å². The summed E-state index contributed by atoms with van der Waals surface area (Å²) in [6, 6.07) is 7.80. The van der Waals surface area contributed by atoms with E-state index in [-0.39, 0.29) is 10.6 Å². The summed E-state index contributed by atoms with van der Waals surface area (Å²) in [5, 5.41) is 12.7. The van der Waals surface area contributed by atoms with Crippen LogP contribution in [0, 0.1) is 12.8 Å². The van der Waals surface area contributed by atoms with E-state index in [1.807, 2.05) is 0 Å². The van der Waals surface area contributed by atoms with Crippen molar-refractivity contribution >= 4 is 75.6 Å². The molecule has 0 radical (unpaired) electrons. The third-order valence-corrected chi connectivity index (χ3v) is 6.57. The fourth-order valence-electron chi connectivity index (χ4n) is 2.99. The molecule has 0 saturated heterocycles. The molecule has 3 rings (SSSR count). The Morgan fingerprint density at radius 3 is 2.33 bits per heavy atom. The normalized spacial score (nSPS) is 20.2. The highest BCUT2D eigenvalue weighted by atomic mass is 35.5. The number of aromatic carboxylic acids is 1. The van der Waals surface area contributed by atoms with Crippen LogP contribution in [-0.2, 0) is 4.79 Å². The van der Waals surface area contributed by atoms with Crippen LogP contribution in [0.5, 0.6) is 0 Å². The minimum atomic E-state index is -1.31. The van der Waals surface area contributed by atoms with Gasteiger partial charge in [0.25, 0.3) is 0 Å². The van der Waals surface area contributed by atoms with Gasteiger partial charge in [-0.15, -0.1) is 23.2 Å². The lowest BCUT2D eigenvalue weighted by Crippen LogP contribution is -2.17. The molecule has 27 heavy (non-hydrogen) atoms. The van der Waals surface area contributed by atoms with Crippen molar-refractivity contribution in [2.75, 3.05) is 5.32 Å². The van der Waals surface area contributed by atoms with Crippen molar-refractivity contribution in [2.24, 2.45) is 5.92 Å². The predicted octanol–water partition coefficient (Wildman–Crippen LogP) is 6.18. The van der Waals surface area contributed by atoms with Crippen LogP contribution < -0.4 is 5.32 Å². The lowest BCUT2D eigenvalue weighted by molar-refractivity contribution is -0.117. The zero-order valence-electron chi connectivity index (χ0n) is 13.7. The first-order valence-electron chi connectivity index (χ1n) is 7.71. The molecule has 2 aromatic rings. The summed E-state index contributed by atoms with van der Waals surface area (Å²) in [7, 11) is 0. The summed E-state index contributed by atoms with van der Waals surface area (Å²) in [4.78, 5) is 24.0. The second-order valence-electron chi connectivity index (χ2n) is 6.25. The second kappa shape index (κ2) is 7.34. The number of benzene rings is 2. The van der Waals surface area contributed by atoms with Gasteiger partial charge in [-0.1, -0.05) is 40.9 Å². The van der Waals surface area contributed by atoms with Crippen molar-refractivity contribution in [2.45, 2.75) is 17.2 Å². The summed E-state index contributed by atoms with van der Waals surface area (Å²) in [6.45, 7) is 1.65.